The third-order valence-corrected chi connectivity index (χ3v) is 7.42. The molecule has 0 bridgehead atoms. The average Bonchev–Trinajstić information content (AvgIpc) is 3.11. The normalized spacial score (nSPS) is 35.4. The molecule has 2 heterocycles. The van der Waals surface area contributed by atoms with E-state index in [4.69, 9.17) is 0 Å². The van der Waals surface area contributed by atoms with Gasteiger partial charge in [0.2, 0.25) is 10.0 Å². The van der Waals surface area contributed by atoms with E-state index in [0.29, 0.717) is 19.1 Å². The summed E-state index contributed by atoms with van der Waals surface area (Å²) < 4.78 is 25.5. The van der Waals surface area contributed by atoms with E-state index >= 15 is 0 Å². The highest BCUT2D eigenvalue weighted by Gasteiger charge is 2.60. The SMILES string of the molecule is CCS(=O)(=O)N1C[C@@H]2CN(C3CCCC3)C[C@]2(C(=O)O)C1. The fraction of sp³-hybridized carbons (Fsp3) is 0.929. The second kappa shape index (κ2) is 5.21. The molecule has 3 rings (SSSR count). The topological polar surface area (TPSA) is 77.9 Å². The third kappa shape index (κ3) is 2.39. The minimum atomic E-state index is -3.30. The van der Waals surface area contributed by atoms with E-state index in [0.717, 1.165) is 19.4 Å². The Balaban J connectivity index is 1.81. The highest BCUT2D eigenvalue weighted by Crippen LogP contribution is 2.45. The Morgan fingerprint density at radius 1 is 1.24 bits per heavy atom. The lowest BCUT2D eigenvalue weighted by atomic mass is 9.81. The number of sulfonamides is 1. The number of carboxylic acid groups (broad SMARTS) is 1. The van der Waals surface area contributed by atoms with Gasteiger partial charge < -0.3 is 5.11 Å². The maximum absolute atomic E-state index is 12.1. The lowest BCUT2D eigenvalue weighted by Gasteiger charge is -2.28. The zero-order valence-electron chi connectivity index (χ0n) is 12.5. The number of nitrogens with zero attached hydrogens (tertiary/aromatic N) is 2. The van der Waals surface area contributed by atoms with Gasteiger partial charge in [0.05, 0.1) is 11.2 Å². The number of aliphatic carboxylic acids is 1. The molecule has 0 radical (unpaired) electrons. The molecule has 0 spiro atoms. The zero-order valence-corrected chi connectivity index (χ0v) is 13.3. The van der Waals surface area contributed by atoms with Crippen LogP contribution in [-0.4, -0.2) is 66.7 Å². The fourth-order valence-corrected chi connectivity index (χ4v) is 5.50. The van der Waals surface area contributed by atoms with Gasteiger partial charge in [-0.1, -0.05) is 12.8 Å². The summed E-state index contributed by atoms with van der Waals surface area (Å²) in [7, 11) is -3.30. The molecular formula is C14H24N2O4S. The van der Waals surface area contributed by atoms with Crippen LogP contribution in [0.4, 0.5) is 0 Å². The molecule has 0 aromatic heterocycles. The van der Waals surface area contributed by atoms with Gasteiger partial charge in [0.25, 0.3) is 0 Å². The van der Waals surface area contributed by atoms with Crippen LogP contribution in [0.25, 0.3) is 0 Å². The number of carboxylic acids is 1. The summed E-state index contributed by atoms with van der Waals surface area (Å²) in [6.45, 7) is 3.36. The number of carbonyl (C=O) groups is 1. The Morgan fingerprint density at radius 3 is 2.43 bits per heavy atom. The number of rotatable bonds is 4. The van der Waals surface area contributed by atoms with Gasteiger partial charge in [-0.25, -0.2) is 12.7 Å². The molecule has 120 valence electrons. The van der Waals surface area contributed by atoms with Gasteiger partial charge in [0.15, 0.2) is 0 Å². The Morgan fingerprint density at radius 2 is 1.90 bits per heavy atom. The summed E-state index contributed by atoms with van der Waals surface area (Å²) in [4.78, 5) is 14.2. The van der Waals surface area contributed by atoms with E-state index in [9.17, 15) is 18.3 Å². The molecule has 0 unspecified atom stereocenters. The molecule has 1 N–H and O–H groups in total. The lowest BCUT2D eigenvalue weighted by molar-refractivity contribution is -0.148. The molecule has 2 saturated heterocycles. The molecule has 7 heteroatoms. The Labute approximate surface area is 126 Å². The quantitative estimate of drug-likeness (QED) is 0.821. The van der Waals surface area contributed by atoms with Crippen molar-refractivity contribution < 1.29 is 18.3 Å². The van der Waals surface area contributed by atoms with Crippen LogP contribution in [0.2, 0.25) is 0 Å². The number of hydrogen-bond donors (Lipinski definition) is 1. The van der Waals surface area contributed by atoms with Crippen LogP contribution in [0.15, 0.2) is 0 Å². The summed E-state index contributed by atoms with van der Waals surface area (Å²) in [5.41, 5.74) is -0.898. The van der Waals surface area contributed by atoms with Crippen molar-refractivity contribution in [3.63, 3.8) is 0 Å². The first-order valence-corrected chi connectivity index (χ1v) is 9.45. The van der Waals surface area contributed by atoms with Crippen LogP contribution >= 0.6 is 0 Å². The fourth-order valence-electron chi connectivity index (χ4n) is 4.30. The molecule has 2 aliphatic heterocycles. The minimum absolute atomic E-state index is 0.0434. The maximum atomic E-state index is 12.1. The van der Waals surface area contributed by atoms with Gasteiger partial charge in [-0.05, 0) is 19.8 Å². The molecule has 21 heavy (non-hydrogen) atoms. The molecule has 2 atom stereocenters. The molecule has 0 aromatic rings. The summed E-state index contributed by atoms with van der Waals surface area (Å²) in [6.07, 6.45) is 4.75. The number of likely N-dealkylation sites (tertiary alicyclic amines) is 1. The molecule has 0 aromatic carbocycles. The molecular weight excluding hydrogens is 292 g/mol. The largest absolute Gasteiger partial charge is 0.481 e. The van der Waals surface area contributed by atoms with E-state index in [1.165, 1.54) is 17.1 Å². The van der Waals surface area contributed by atoms with Gasteiger partial charge in [0, 0.05) is 38.1 Å². The van der Waals surface area contributed by atoms with Crippen molar-refractivity contribution in [2.75, 3.05) is 31.9 Å². The van der Waals surface area contributed by atoms with Crippen LogP contribution in [0.3, 0.4) is 0 Å². The van der Waals surface area contributed by atoms with E-state index in [1.54, 1.807) is 6.92 Å². The second-order valence-corrected chi connectivity index (χ2v) is 8.98. The minimum Gasteiger partial charge on any atom is -0.481 e. The van der Waals surface area contributed by atoms with Crippen molar-refractivity contribution in [1.82, 2.24) is 9.21 Å². The van der Waals surface area contributed by atoms with Crippen LogP contribution in [0, 0.1) is 11.3 Å². The molecule has 1 saturated carbocycles. The first kappa shape index (κ1) is 15.2. The summed E-state index contributed by atoms with van der Waals surface area (Å²) >= 11 is 0. The van der Waals surface area contributed by atoms with Gasteiger partial charge in [0.1, 0.15) is 0 Å². The average molecular weight is 316 g/mol. The Bertz CT molecular complexity index is 529. The number of hydrogen-bond acceptors (Lipinski definition) is 4. The smallest absolute Gasteiger partial charge is 0.312 e. The first-order valence-electron chi connectivity index (χ1n) is 7.84. The summed E-state index contributed by atoms with van der Waals surface area (Å²) in [5, 5.41) is 9.74. The van der Waals surface area contributed by atoms with Crippen LogP contribution in [0.5, 0.6) is 0 Å². The van der Waals surface area contributed by atoms with Crippen LogP contribution < -0.4 is 0 Å². The van der Waals surface area contributed by atoms with Crippen molar-refractivity contribution in [3.8, 4) is 0 Å². The standard InChI is InChI=1S/C14H24N2O4S/c1-2-21(19,20)16-8-11-7-15(12-5-3-4-6-12)9-14(11,10-16)13(17)18/h11-12H,2-10H2,1H3,(H,17,18)/t11-,14-/m0/s1. The van der Waals surface area contributed by atoms with Crippen molar-refractivity contribution >= 4 is 16.0 Å². The van der Waals surface area contributed by atoms with E-state index in [2.05, 4.69) is 4.90 Å². The highest BCUT2D eigenvalue weighted by atomic mass is 32.2. The van der Waals surface area contributed by atoms with Gasteiger partial charge in [-0.2, -0.15) is 0 Å². The first-order chi connectivity index (χ1) is 9.89. The van der Waals surface area contributed by atoms with E-state index in [-0.39, 0.29) is 18.2 Å². The van der Waals surface area contributed by atoms with Crippen LogP contribution in [-0.2, 0) is 14.8 Å². The monoisotopic (exact) mass is 316 g/mol. The van der Waals surface area contributed by atoms with Gasteiger partial charge in [-0.15, -0.1) is 0 Å². The lowest BCUT2D eigenvalue weighted by Crippen LogP contribution is -2.43. The van der Waals surface area contributed by atoms with E-state index < -0.39 is 21.4 Å². The van der Waals surface area contributed by atoms with Crippen molar-refractivity contribution in [3.05, 3.63) is 0 Å². The summed E-state index contributed by atoms with van der Waals surface area (Å²) in [6, 6.07) is 0.503. The molecule has 0 amide bonds. The van der Waals surface area contributed by atoms with Gasteiger partial charge in [-0.3, -0.25) is 9.69 Å². The third-order valence-electron chi connectivity index (χ3n) is 5.63. The summed E-state index contributed by atoms with van der Waals surface area (Å²) in [5.74, 6) is -0.861. The molecule has 6 nitrogen and oxygen atoms in total. The molecule has 1 aliphatic carbocycles. The maximum Gasteiger partial charge on any atom is 0.312 e. The molecule has 3 aliphatic rings. The van der Waals surface area contributed by atoms with Crippen molar-refractivity contribution in [2.24, 2.45) is 11.3 Å². The zero-order chi connectivity index (χ0) is 15.3. The highest BCUT2D eigenvalue weighted by molar-refractivity contribution is 7.89. The second-order valence-electron chi connectivity index (χ2n) is 6.72. The van der Waals surface area contributed by atoms with Crippen molar-refractivity contribution in [1.29, 1.82) is 0 Å². The van der Waals surface area contributed by atoms with Gasteiger partial charge >= 0.3 is 5.97 Å². The molecule has 3 fully saturated rings. The predicted octanol–water partition coefficient (Wildman–Crippen LogP) is 0.597. The Hall–Kier alpha value is -0.660. The van der Waals surface area contributed by atoms with E-state index in [1.807, 2.05) is 0 Å². The predicted molar refractivity (Wildman–Crippen MR) is 78.4 cm³/mol. The number of fused-ring (bicyclic) bond motifs is 1. The Kier molecular flexibility index (Phi) is 3.78. The van der Waals surface area contributed by atoms with Crippen LogP contribution in [0.1, 0.15) is 32.6 Å². The van der Waals surface area contributed by atoms with Crippen molar-refractivity contribution in [2.45, 2.75) is 38.6 Å².